The molecular formula is C19H18N2O3S2. The Balaban J connectivity index is 1.62. The summed E-state index contributed by atoms with van der Waals surface area (Å²) in [6, 6.07) is 12.4. The third-order valence-electron chi connectivity index (χ3n) is 4.71. The normalized spacial score (nSPS) is 18.4. The Morgan fingerprint density at radius 3 is 2.88 bits per heavy atom. The standard InChI is InChI=1S/C19H18N2O3S2/c22-18(19-8-4-10-25-19)12-15-6-3-9-21(15)26(23,24)16-11-14-5-1-2-7-17(14)20-13-16/h1-2,4-5,7-8,10-11,13,15H,3,6,9,12H2/t15-/m1/s1. The second kappa shape index (κ2) is 6.90. The van der Waals surface area contributed by atoms with E-state index in [4.69, 9.17) is 0 Å². The molecule has 0 radical (unpaired) electrons. The van der Waals surface area contributed by atoms with Crippen molar-refractivity contribution in [1.29, 1.82) is 0 Å². The number of pyridine rings is 1. The molecule has 0 bridgehead atoms. The topological polar surface area (TPSA) is 67.3 Å². The third kappa shape index (κ3) is 3.18. The van der Waals surface area contributed by atoms with Gasteiger partial charge in [0.15, 0.2) is 5.78 Å². The Morgan fingerprint density at radius 2 is 2.08 bits per heavy atom. The zero-order valence-electron chi connectivity index (χ0n) is 14.0. The molecular weight excluding hydrogens is 368 g/mol. The highest BCUT2D eigenvalue weighted by Crippen LogP contribution is 2.30. The van der Waals surface area contributed by atoms with Crippen molar-refractivity contribution < 1.29 is 13.2 Å². The van der Waals surface area contributed by atoms with E-state index in [1.54, 1.807) is 12.1 Å². The maximum Gasteiger partial charge on any atom is 0.244 e. The average molecular weight is 386 g/mol. The molecule has 0 saturated carbocycles. The number of aromatic nitrogens is 1. The summed E-state index contributed by atoms with van der Waals surface area (Å²) in [4.78, 5) is 17.6. The Labute approximate surface area is 156 Å². The van der Waals surface area contributed by atoms with Crippen molar-refractivity contribution in [2.45, 2.75) is 30.2 Å². The Bertz CT molecular complexity index is 1050. The number of hydrogen-bond acceptors (Lipinski definition) is 5. The van der Waals surface area contributed by atoms with Crippen LogP contribution in [0.4, 0.5) is 0 Å². The number of fused-ring (bicyclic) bond motifs is 1. The minimum absolute atomic E-state index is 0.00346. The molecule has 5 nitrogen and oxygen atoms in total. The molecule has 1 aliphatic rings. The predicted molar refractivity (Wildman–Crippen MR) is 102 cm³/mol. The van der Waals surface area contributed by atoms with Crippen LogP contribution in [0.3, 0.4) is 0 Å². The first-order chi connectivity index (χ1) is 12.6. The lowest BCUT2D eigenvalue weighted by molar-refractivity contribution is 0.0965. The molecule has 1 saturated heterocycles. The van der Waals surface area contributed by atoms with Gasteiger partial charge < -0.3 is 0 Å². The van der Waals surface area contributed by atoms with Gasteiger partial charge >= 0.3 is 0 Å². The van der Waals surface area contributed by atoms with Crippen molar-refractivity contribution in [1.82, 2.24) is 9.29 Å². The van der Waals surface area contributed by atoms with Crippen molar-refractivity contribution in [2.24, 2.45) is 0 Å². The minimum Gasteiger partial charge on any atom is -0.293 e. The van der Waals surface area contributed by atoms with Gasteiger partial charge in [-0.2, -0.15) is 4.31 Å². The maximum atomic E-state index is 13.1. The van der Waals surface area contributed by atoms with Gasteiger partial charge in [0.25, 0.3) is 0 Å². The van der Waals surface area contributed by atoms with E-state index in [2.05, 4.69) is 4.98 Å². The molecule has 134 valence electrons. The molecule has 0 aliphatic carbocycles. The fourth-order valence-electron chi connectivity index (χ4n) is 3.41. The molecule has 0 unspecified atom stereocenters. The molecule has 0 N–H and O–H groups in total. The second-order valence-electron chi connectivity index (χ2n) is 6.38. The van der Waals surface area contributed by atoms with Crippen molar-refractivity contribution in [3.8, 4) is 0 Å². The smallest absolute Gasteiger partial charge is 0.244 e. The fraction of sp³-hybridized carbons (Fsp3) is 0.263. The largest absolute Gasteiger partial charge is 0.293 e. The van der Waals surface area contributed by atoms with E-state index in [-0.39, 0.29) is 23.1 Å². The molecule has 26 heavy (non-hydrogen) atoms. The van der Waals surface area contributed by atoms with Gasteiger partial charge in [0, 0.05) is 30.6 Å². The number of benzene rings is 1. The molecule has 7 heteroatoms. The van der Waals surface area contributed by atoms with Crippen LogP contribution >= 0.6 is 11.3 Å². The van der Waals surface area contributed by atoms with E-state index >= 15 is 0 Å². The zero-order chi connectivity index (χ0) is 18.1. The molecule has 0 amide bonds. The average Bonchev–Trinajstić information content (AvgIpc) is 3.33. The van der Waals surface area contributed by atoms with Crippen LogP contribution in [0.25, 0.3) is 10.9 Å². The van der Waals surface area contributed by atoms with Crippen LogP contribution in [0.5, 0.6) is 0 Å². The number of rotatable bonds is 5. The summed E-state index contributed by atoms with van der Waals surface area (Å²) in [6.07, 6.45) is 3.11. The molecule has 3 aromatic rings. The van der Waals surface area contributed by atoms with Crippen molar-refractivity contribution in [3.05, 3.63) is 58.9 Å². The molecule has 1 atom stereocenters. The summed E-state index contributed by atoms with van der Waals surface area (Å²) in [5.41, 5.74) is 0.761. The van der Waals surface area contributed by atoms with Crippen molar-refractivity contribution in [3.63, 3.8) is 0 Å². The summed E-state index contributed by atoms with van der Waals surface area (Å²) in [6.45, 7) is 0.442. The molecule has 1 aromatic carbocycles. The van der Waals surface area contributed by atoms with Crippen LogP contribution in [0.1, 0.15) is 28.9 Å². The van der Waals surface area contributed by atoms with Crippen LogP contribution < -0.4 is 0 Å². The van der Waals surface area contributed by atoms with E-state index in [9.17, 15) is 13.2 Å². The fourth-order valence-corrected chi connectivity index (χ4v) is 5.76. The van der Waals surface area contributed by atoms with Crippen molar-refractivity contribution in [2.75, 3.05) is 6.54 Å². The van der Waals surface area contributed by atoms with Crippen LogP contribution in [0, 0.1) is 0 Å². The van der Waals surface area contributed by atoms with Gasteiger partial charge in [-0.15, -0.1) is 11.3 Å². The van der Waals surface area contributed by atoms with Crippen molar-refractivity contribution >= 4 is 38.0 Å². The van der Waals surface area contributed by atoms with E-state index in [1.807, 2.05) is 35.7 Å². The quantitative estimate of drug-likeness (QED) is 0.627. The highest BCUT2D eigenvalue weighted by molar-refractivity contribution is 7.89. The Morgan fingerprint density at radius 1 is 1.23 bits per heavy atom. The summed E-state index contributed by atoms with van der Waals surface area (Å²) in [7, 11) is -3.67. The number of carbonyl (C=O) groups is 1. The number of carbonyl (C=O) groups excluding carboxylic acids is 1. The van der Waals surface area contributed by atoms with Gasteiger partial charge in [-0.1, -0.05) is 24.3 Å². The van der Waals surface area contributed by atoms with Gasteiger partial charge in [-0.25, -0.2) is 8.42 Å². The lowest BCUT2D eigenvalue weighted by Gasteiger charge is -2.23. The summed E-state index contributed by atoms with van der Waals surface area (Å²) >= 11 is 1.39. The minimum atomic E-state index is -3.67. The lowest BCUT2D eigenvalue weighted by Crippen LogP contribution is -2.36. The van der Waals surface area contributed by atoms with E-state index < -0.39 is 10.0 Å². The molecule has 0 spiro atoms. The SMILES string of the molecule is O=C(C[C@H]1CCCN1S(=O)(=O)c1cnc2ccccc2c1)c1cccs1. The molecule has 3 heterocycles. The first kappa shape index (κ1) is 17.3. The number of sulfonamides is 1. The van der Waals surface area contributed by atoms with E-state index in [0.29, 0.717) is 17.8 Å². The first-order valence-corrected chi connectivity index (χ1v) is 10.8. The van der Waals surface area contributed by atoms with E-state index in [1.165, 1.54) is 21.8 Å². The van der Waals surface area contributed by atoms with Gasteiger partial charge in [0.1, 0.15) is 4.90 Å². The monoisotopic (exact) mass is 386 g/mol. The summed E-state index contributed by atoms with van der Waals surface area (Å²) in [5.74, 6) is 0.00346. The maximum absolute atomic E-state index is 13.1. The Hall–Kier alpha value is -2.09. The molecule has 4 rings (SSSR count). The first-order valence-electron chi connectivity index (χ1n) is 8.49. The number of ketones is 1. The van der Waals surface area contributed by atoms with E-state index in [0.717, 1.165) is 17.3 Å². The highest BCUT2D eigenvalue weighted by Gasteiger charge is 2.36. The number of thiophene rings is 1. The van der Waals surface area contributed by atoms with Crippen LogP contribution in [-0.4, -0.2) is 36.1 Å². The third-order valence-corrected chi connectivity index (χ3v) is 7.54. The molecule has 2 aromatic heterocycles. The van der Waals surface area contributed by atoms with Gasteiger partial charge in [0.05, 0.1) is 10.4 Å². The summed E-state index contributed by atoms with van der Waals surface area (Å²) in [5, 5.41) is 2.65. The number of Topliss-reactive ketones (excluding diaryl/α,β-unsaturated/α-hetero) is 1. The summed E-state index contributed by atoms with van der Waals surface area (Å²) < 4.78 is 27.7. The van der Waals surface area contributed by atoms with Gasteiger partial charge in [-0.05, 0) is 36.4 Å². The lowest BCUT2D eigenvalue weighted by atomic mass is 10.1. The number of para-hydroxylation sites is 1. The second-order valence-corrected chi connectivity index (χ2v) is 9.22. The number of nitrogens with zero attached hydrogens (tertiary/aromatic N) is 2. The molecule has 1 fully saturated rings. The predicted octanol–water partition coefficient (Wildman–Crippen LogP) is 3.72. The van der Waals surface area contributed by atoms with Gasteiger partial charge in [-0.3, -0.25) is 9.78 Å². The number of hydrogen-bond donors (Lipinski definition) is 0. The van der Waals surface area contributed by atoms with Gasteiger partial charge in [0.2, 0.25) is 10.0 Å². The van der Waals surface area contributed by atoms with Crippen LogP contribution in [-0.2, 0) is 10.0 Å². The molecule has 1 aliphatic heterocycles. The van der Waals surface area contributed by atoms with Crippen LogP contribution in [0.15, 0.2) is 58.9 Å². The zero-order valence-corrected chi connectivity index (χ0v) is 15.7. The highest BCUT2D eigenvalue weighted by atomic mass is 32.2. The van der Waals surface area contributed by atoms with Crippen LogP contribution in [0.2, 0.25) is 0 Å². The Kier molecular flexibility index (Phi) is 4.60.